The highest BCUT2D eigenvalue weighted by molar-refractivity contribution is 5.85. The van der Waals surface area contributed by atoms with Gasteiger partial charge in [0.2, 0.25) is 0 Å². The minimum Gasteiger partial charge on any atom is -0.481 e. The van der Waals surface area contributed by atoms with E-state index >= 15 is 0 Å². The van der Waals surface area contributed by atoms with E-state index in [4.69, 9.17) is 10.8 Å². The molecule has 1 aromatic rings. The van der Waals surface area contributed by atoms with Crippen molar-refractivity contribution in [1.29, 1.82) is 0 Å². The van der Waals surface area contributed by atoms with Gasteiger partial charge >= 0.3 is 5.97 Å². The molecule has 5 nitrogen and oxygen atoms in total. The third kappa shape index (κ3) is 2.87. The molecule has 0 aliphatic carbocycles. The van der Waals surface area contributed by atoms with Crippen molar-refractivity contribution in [2.75, 3.05) is 0 Å². The van der Waals surface area contributed by atoms with Crippen molar-refractivity contribution in [3.8, 4) is 0 Å². The van der Waals surface area contributed by atoms with Gasteiger partial charge in [0.05, 0.1) is 11.6 Å². The molecule has 2 heterocycles. The fourth-order valence-corrected chi connectivity index (χ4v) is 1.80. The second kappa shape index (κ2) is 6.08. The van der Waals surface area contributed by atoms with Crippen molar-refractivity contribution in [1.82, 2.24) is 9.55 Å². The lowest BCUT2D eigenvalue weighted by Gasteiger charge is -2.19. The highest BCUT2D eigenvalue weighted by Gasteiger charge is 2.24. The van der Waals surface area contributed by atoms with Gasteiger partial charge in [-0.3, -0.25) is 4.79 Å². The second-order valence-corrected chi connectivity index (χ2v) is 3.58. The summed E-state index contributed by atoms with van der Waals surface area (Å²) in [5, 5.41) is 8.87. The van der Waals surface area contributed by atoms with Crippen LogP contribution < -0.4 is 5.73 Å². The molecule has 3 N–H and O–H groups in total. The Bertz CT molecular complexity index is 368. The Kier molecular flexibility index (Phi) is 5.78. The number of rotatable bonds is 2. The van der Waals surface area contributed by atoms with E-state index in [1.807, 2.05) is 10.8 Å². The number of fused-ring (bicyclic) bond motifs is 1. The van der Waals surface area contributed by atoms with Crippen molar-refractivity contribution >= 4 is 30.8 Å². The van der Waals surface area contributed by atoms with Crippen molar-refractivity contribution in [3.05, 3.63) is 17.7 Å². The topological polar surface area (TPSA) is 81.1 Å². The maximum absolute atomic E-state index is 10.8. The molecule has 0 bridgehead atoms. The monoisotopic (exact) mass is 267 g/mol. The van der Waals surface area contributed by atoms with E-state index in [-0.39, 0.29) is 30.7 Å². The van der Waals surface area contributed by atoms with E-state index in [1.165, 1.54) is 0 Å². The van der Waals surface area contributed by atoms with Crippen LogP contribution in [0.4, 0.5) is 0 Å². The van der Waals surface area contributed by atoms with Crippen molar-refractivity contribution in [3.63, 3.8) is 0 Å². The minimum absolute atomic E-state index is 0. The van der Waals surface area contributed by atoms with Crippen LogP contribution in [0.2, 0.25) is 0 Å². The lowest BCUT2D eigenvalue weighted by molar-refractivity contribution is -0.142. The highest BCUT2D eigenvalue weighted by atomic mass is 35.5. The number of carboxylic acids is 1. The molecule has 1 aliphatic rings. The number of aromatic nitrogens is 2. The van der Waals surface area contributed by atoms with Gasteiger partial charge < -0.3 is 15.4 Å². The first-order chi connectivity index (χ1) is 6.70. The summed E-state index contributed by atoms with van der Waals surface area (Å²) >= 11 is 0. The molecule has 7 heteroatoms. The van der Waals surface area contributed by atoms with E-state index in [2.05, 4.69) is 4.98 Å². The third-order valence-corrected chi connectivity index (χ3v) is 2.60. The molecule has 0 spiro atoms. The molecule has 2 rings (SSSR count). The van der Waals surface area contributed by atoms with Gasteiger partial charge in [0.15, 0.2) is 0 Å². The molecular weight excluding hydrogens is 253 g/mol. The van der Waals surface area contributed by atoms with E-state index in [0.717, 1.165) is 17.9 Å². The SMILES string of the molecule is Cl.Cl.NCc1cn2c(n1)CCC(C(=O)O)C2. The molecule has 1 aliphatic heterocycles. The van der Waals surface area contributed by atoms with E-state index in [9.17, 15) is 4.79 Å². The number of halogens is 2. The second-order valence-electron chi connectivity index (χ2n) is 3.58. The maximum atomic E-state index is 10.8. The lowest BCUT2D eigenvalue weighted by atomic mass is 10.00. The van der Waals surface area contributed by atoms with Gasteiger partial charge in [0, 0.05) is 25.7 Å². The Morgan fingerprint density at radius 2 is 2.31 bits per heavy atom. The number of aliphatic carboxylic acids is 1. The molecule has 0 saturated carbocycles. The fourth-order valence-electron chi connectivity index (χ4n) is 1.80. The molecule has 1 aromatic heterocycles. The average molecular weight is 268 g/mol. The van der Waals surface area contributed by atoms with Crippen molar-refractivity contribution in [2.45, 2.75) is 25.9 Å². The first kappa shape index (κ1) is 15.2. The maximum Gasteiger partial charge on any atom is 0.308 e. The summed E-state index contributed by atoms with van der Waals surface area (Å²) in [7, 11) is 0. The van der Waals surface area contributed by atoms with Crippen LogP contribution in [-0.2, 0) is 24.3 Å². The van der Waals surface area contributed by atoms with Crippen LogP contribution in [0, 0.1) is 5.92 Å². The number of carboxylic acid groups (broad SMARTS) is 1. The Labute approximate surface area is 106 Å². The van der Waals surface area contributed by atoms with Gasteiger partial charge in [-0.25, -0.2) is 4.98 Å². The lowest BCUT2D eigenvalue weighted by Crippen LogP contribution is -2.26. The van der Waals surface area contributed by atoms with Crippen molar-refractivity contribution < 1.29 is 9.90 Å². The standard InChI is InChI=1S/C9H13N3O2.2ClH/c10-3-7-5-12-4-6(9(13)14)1-2-8(12)11-7;;/h5-6H,1-4,10H2,(H,13,14);2*1H. The number of nitrogens with two attached hydrogens (primary N) is 1. The van der Waals surface area contributed by atoms with Gasteiger partial charge in [0.1, 0.15) is 5.82 Å². The fraction of sp³-hybridized carbons (Fsp3) is 0.556. The first-order valence-corrected chi connectivity index (χ1v) is 4.68. The van der Waals surface area contributed by atoms with Gasteiger partial charge in [-0.05, 0) is 6.42 Å². The molecule has 1 atom stereocenters. The number of hydrogen-bond acceptors (Lipinski definition) is 3. The molecule has 92 valence electrons. The normalized spacial score (nSPS) is 17.9. The van der Waals surface area contributed by atoms with E-state index < -0.39 is 5.97 Å². The molecule has 1 unspecified atom stereocenters. The third-order valence-electron chi connectivity index (χ3n) is 2.60. The molecule has 0 aromatic carbocycles. The summed E-state index contributed by atoms with van der Waals surface area (Å²) in [6.45, 7) is 0.940. The molecule has 0 amide bonds. The molecule has 0 radical (unpaired) electrons. The summed E-state index contributed by atoms with van der Waals surface area (Å²) in [5.74, 6) is -0.0380. The minimum atomic E-state index is -0.723. The van der Waals surface area contributed by atoms with Crippen LogP contribution >= 0.6 is 24.8 Å². The van der Waals surface area contributed by atoms with Crippen LogP contribution in [0.3, 0.4) is 0 Å². The Morgan fingerprint density at radius 1 is 1.62 bits per heavy atom. The first-order valence-electron chi connectivity index (χ1n) is 4.68. The van der Waals surface area contributed by atoms with Crippen LogP contribution in [0.1, 0.15) is 17.9 Å². The molecule has 0 saturated heterocycles. The summed E-state index contributed by atoms with van der Waals surface area (Å²) in [6.07, 6.45) is 3.26. The summed E-state index contributed by atoms with van der Waals surface area (Å²) in [6, 6.07) is 0. The summed E-state index contributed by atoms with van der Waals surface area (Å²) in [5.41, 5.74) is 6.30. The predicted octanol–water partition coefficient (Wildman–Crippen LogP) is 0.832. The van der Waals surface area contributed by atoms with Crippen LogP contribution in [0.5, 0.6) is 0 Å². The zero-order valence-corrected chi connectivity index (χ0v) is 10.3. The van der Waals surface area contributed by atoms with Crippen LogP contribution in [0.25, 0.3) is 0 Å². The Balaban J connectivity index is 0.00000112. The van der Waals surface area contributed by atoms with E-state index in [0.29, 0.717) is 19.5 Å². The number of hydrogen-bond donors (Lipinski definition) is 2. The largest absolute Gasteiger partial charge is 0.481 e. The number of carbonyl (C=O) groups is 1. The Hall–Kier alpha value is -0.780. The summed E-state index contributed by atoms with van der Waals surface area (Å²) in [4.78, 5) is 15.1. The zero-order chi connectivity index (χ0) is 10.1. The smallest absolute Gasteiger partial charge is 0.308 e. The number of nitrogens with zero attached hydrogens (tertiary/aromatic N) is 2. The van der Waals surface area contributed by atoms with Crippen molar-refractivity contribution in [2.24, 2.45) is 11.7 Å². The quantitative estimate of drug-likeness (QED) is 0.832. The van der Waals surface area contributed by atoms with Gasteiger partial charge in [-0.15, -0.1) is 24.8 Å². The highest BCUT2D eigenvalue weighted by Crippen LogP contribution is 2.19. The number of imidazole rings is 1. The predicted molar refractivity (Wildman–Crippen MR) is 64.1 cm³/mol. The number of aryl methyl sites for hydroxylation is 1. The molecule has 0 fully saturated rings. The summed E-state index contributed by atoms with van der Waals surface area (Å²) < 4.78 is 1.91. The molecular formula is C9H15Cl2N3O2. The van der Waals surface area contributed by atoms with Gasteiger partial charge in [-0.1, -0.05) is 0 Å². The zero-order valence-electron chi connectivity index (χ0n) is 8.63. The average Bonchev–Trinajstić information content (AvgIpc) is 2.58. The molecule has 16 heavy (non-hydrogen) atoms. The van der Waals surface area contributed by atoms with Gasteiger partial charge in [0.25, 0.3) is 0 Å². The van der Waals surface area contributed by atoms with Gasteiger partial charge in [-0.2, -0.15) is 0 Å². The van der Waals surface area contributed by atoms with Crippen LogP contribution in [-0.4, -0.2) is 20.6 Å². The van der Waals surface area contributed by atoms with E-state index in [1.54, 1.807) is 0 Å². The Morgan fingerprint density at radius 3 is 2.88 bits per heavy atom. The van der Waals surface area contributed by atoms with Crippen LogP contribution in [0.15, 0.2) is 6.20 Å².